The lowest BCUT2D eigenvalue weighted by Gasteiger charge is -2.20. The maximum Gasteiger partial charge on any atom is 0.322 e. The van der Waals surface area contributed by atoms with E-state index >= 15 is 0 Å². The van der Waals surface area contributed by atoms with Crippen molar-refractivity contribution in [2.45, 2.75) is 13.8 Å². The number of rotatable bonds is 8. The molecule has 4 amide bonds. The monoisotopic (exact) mass is 288 g/mol. The first-order valence-electron chi connectivity index (χ1n) is 6.18. The molecule has 20 heavy (non-hydrogen) atoms. The van der Waals surface area contributed by atoms with Crippen LogP contribution in [0.25, 0.3) is 0 Å². The van der Waals surface area contributed by atoms with Crippen LogP contribution in [0.3, 0.4) is 0 Å². The van der Waals surface area contributed by atoms with Crippen LogP contribution in [0.4, 0.5) is 4.79 Å². The molecule has 0 aliphatic rings. The van der Waals surface area contributed by atoms with Gasteiger partial charge < -0.3 is 26.0 Å². The molecule has 0 unspecified atom stereocenters. The summed E-state index contributed by atoms with van der Waals surface area (Å²) in [6, 6.07) is -0.566. The molecule has 0 rings (SSSR count). The normalized spacial score (nSPS) is 9.50. The van der Waals surface area contributed by atoms with Gasteiger partial charge in [0.15, 0.2) is 0 Å². The second-order valence-electron chi connectivity index (χ2n) is 3.80. The van der Waals surface area contributed by atoms with E-state index in [0.717, 1.165) is 0 Å². The summed E-state index contributed by atoms with van der Waals surface area (Å²) in [5, 5.41) is 15.3. The first kappa shape index (κ1) is 17.7. The molecular weight excluding hydrogens is 268 g/mol. The van der Waals surface area contributed by atoms with Crippen LogP contribution in [0.15, 0.2) is 0 Å². The van der Waals surface area contributed by atoms with Gasteiger partial charge in [-0.05, 0) is 13.8 Å². The van der Waals surface area contributed by atoms with Gasteiger partial charge in [-0.1, -0.05) is 0 Å². The number of carboxylic acid groups (broad SMARTS) is 1. The molecule has 0 aromatic carbocycles. The number of carboxylic acids is 1. The van der Waals surface area contributed by atoms with Crippen molar-refractivity contribution in [1.29, 1.82) is 0 Å². The van der Waals surface area contributed by atoms with Crippen LogP contribution in [0, 0.1) is 0 Å². The third-order valence-electron chi connectivity index (χ3n) is 2.21. The van der Waals surface area contributed by atoms with Crippen molar-refractivity contribution in [2.75, 3.05) is 32.7 Å². The number of hydrogen-bond acceptors (Lipinski definition) is 4. The Morgan fingerprint density at radius 1 is 0.950 bits per heavy atom. The topological polar surface area (TPSA) is 128 Å². The molecule has 0 aliphatic carbocycles. The van der Waals surface area contributed by atoms with Gasteiger partial charge in [0.1, 0.15) is 13.1 Å². The Morgan fingerprint density at radius 3 is 2.10 bits per heavy atom. The van der Waals surface area contributed by atoms with Crippen molar-refractivity contribution in [1.82, 2.24) is 20.9 Å². The molecule has 9 nitrogen and oxygen atoms in total. The lowest BCUT2D eigenvalue weighted by molar-refractivity contribution is -0.137. The Balaban J connectivity index is 4.12. The average Bonchev–Trinajstić information content (AvgIpc) is 2.40. The van der Waals surface area contributed by atoms with E-state index in [0.29, 0.717) is 13.1 Å². The molecule has 0 aromatic heterocycles. The third kappa shape index (κ3) is 7.90. The molecule has 0 saturated carbocycles. The fourth-order valence-electron chi connectivity index (χ4n) is 1.26. The van der Waals surface area contributed by atoms with E-state index in [1.807, 2.05) is 0 Å². The highest BCUT2D eigenvalue weighted by molar-refractivity contribution is 5.88. The molecular formula is C11H20N4O5. The lowest BCUT2D eigenvalue weighted by atomic mass is 10.4. The van der Waals surface area contributed by atoms with E-state index in [1.165, 1.54) is 4.90 Å². The van der Waals surface area contributed by atoms with E-state index in [4.69, 9.17) is 5.11 Å². The average molecular weight is 288 g/mol. The summed E-state index contributed by atoms with van der Waals surface area (Å²) in [6.45, 7) is 3.27. The Morgan fingerprint density at radius 2 is 1.60 bits per heavy atom. The van der Waals surface area contributed by atoms with Gasteiger partial charge in [-0.3, -0.25) is 14.4 Å². The largest absolute Gasteiger partial charge is 0.480 e. The van der Waals surface area contributed by atoms with E-state index in [-0.39, 0.29) is 19.0 Å². The number of nitrogens with zero attached hydrogens (tertiary/aromatic N) is 1. The van der Waals surface area contributed by atoms with Crippen LogP contribution >= 0.6 is 0 Å². The van der Waals surface area contributed by atoms with E-state index in [2.05, 4.69) is 16.0 Å². The van der Waals surface area contributed by atoms with Crippen LogP contribution in [-0.4, -0.2) is 66.5 Å². The zero-order valence-electron chi connectivity index (χ0n) is 11.6. The molecule has 0 radical (unpaired) electrons. The molecule has 0 aliphatic heterocycles. The standard InChI is InChI=1S/C11H20N4O5/c1-3-12-9(17)7-15(4-2)11(20)14-5-8(16)13-6-10(18)19/h3-7H2,1-2H3,(H,12,17)(H,13,16)(H,14,20)(H,18,19). The minimum Gasteiger partial charge on any atom is -0.480 e. The van der Waals surface area contributed by atoms with Crippen molar-refractivity contribution in [2.24, 2.45) is 0 Å². The zero-order valence-corrected chi connectivity index (χ0v) is 11.6. The predicted octanol–water partition coefficient (Wildman–Crippen LogP) is -1.65. The number of urea groups is 1. The maximum absolute atomic E-state index is 11.7. The van der Waals surface area contributed by atoms with Crippen LogP contribution in [-0.2, 0) is 14.4 Å². The van der Waals surface area contributed by atoms with E-state index in [9.17, 15) is 19.2 Å². The molecule has 114 valence electrons. The van der Waals surface area contributed by atoms with Crippen molar-refractivity contribution in [3.8, 4) is 0 Å². The van der Waals surface area contributed by atoms with Crippen molar-refractivity contribution < 1.29 is 24.3 Å². The summed E-state index contributed by atoms with van der Waals surface area (Å²) < 4.78 is 0. The number of carbonyl (C=O) groups excluding carboxylic acids is 3. The molecule has 0 fully saturated rings. The number of aliphatic carboxylic acids is 1. The van der Waals surface area contributed by atoms with Crippen molar-refractivity contribution in [3.63, 3.8) is 0 Å². The van der Waals surface area contributed by atoms with Gasteiger partial charge in [0.2, 0.25) is 11.8 Å². The van der Waals surface area contributed by atoms with Gasteiger partial charge in [0.05, 0.1) is 6.54 Å². The molecule has 0 spiro atoms. The fourth-order valence-corrected chi connectivity index (χ4v) is 1.26. The highest BCUT2D eigenvalue weighted by Gasteiger charge is 2.15. The molecule has 0 atom stereocenters. The Hall–Kier alpha value is -2.32. The van der Waals surface area contributed by atoms with Crippen LogP contribution < -0.4 is 16.0 Å². The summed E-state index contributed by atoms with van der Waals surface area (Å²) in [5.41, 5.74) is 0. The van der Waals surface area contributed by atoms with Gasteiger partial charge in [0, 0.05) is 13.1 Å². The molecule has 4 N–H and O–H groups in total. The van der Waals surface area contributed by atoms with Gasteiger partial charge >= 0.3 is 12.0 Å². The first-order valence-corrected chi connectivity index (χ1v) is 6.18. The first-order chi connectivity index (χ1) is 9.40. The maximum atomic E-state index is 11.7. The Labute approximate surface area is 116 Å². The number of nitrogens with one attached hydrogen (secondary N) is 3. The number of likely N-dealkylation sites (N-methyl/N-ethyl adjacent to an activating group) is 2. The fraction of sp³-hybridized carbons (Fsp3) is 0.636. The minimum absolute atomic E-state index is 0.104. The molecule has 0 heterocycles. The van der Waals surface area contributed by atoms with Crippen LogP contribution in [0.1, 0.15) is 13.8 Å². The van der Waals surface area contributed by atoms with Gasteiger partial charge in [-0.2, -0.15) is 0 Å². The van der Waals surface area contributed by atoms with Gasteiger partial charge in [0.25, 0.3) is 0 Å². The Kier molecular flexibility index (Phi) is 8.48. The summed E-state index contributed by atoms with van der Waals surface area (Å²) in [5.74, 6) is -2.08. The highest BCUT2D eigenvalue weighted by Crippen LogP contribution is 1.89. The second-order valence-corrected chi connectivity index (χ2v) is 3.80. The SMILES string of the molecule is CCNC(=O)CN(CC)C(=O)NCC(=O)NCC(=O)O. The lowest BCUT2D eigenvalue weighted by Crippen LogP contribution is -2.48. The van der Waals surface area contributed by atoms with Crippen molar-refractivity contribution >= 4 is 23.8 Å². The number of carbonyl (C=O) groups is 4. The summed E-state index contributed by atoms with van der Waals surface area (Å²) in [7, 11) is 0. The predicted molar refractivity (Wildman–Crippen MR) is 70.0 cm³/mol. The summed E-state index contributed by atoms with van der Waals surface area (Å²) in [6.07, 6.45) is 0. The highest BCUT2D eigenvalue weighted by atomic mass is 16.4. The Bertz CT molecular complexity index is 372. The van der Waals surface area contributed by atoms with E-state index < -0.39 is 24.5 Å². The molecule has 0 bridgehead atoms. The molecule has 0 saturated heterocycles. The van der Waals surface area contributed by atoms with Gasteiger partial charge in [-0.25, -0.2) is 4.79 Å². The smallest absolute Gasteiger partial charge is 0.322 e. The summed E-state index contributed by atoms with van der Waals surface area (Å²) >= 11 is 0. The summed E-state index contributed by atoms with van der Waals surface area (Å²) in [4.78, 5) is 45.7. The zero-order chi connectivity index (χ0) is 15.5. The number of hydrogen-bond donors (Lipinski definition) is 4. The van der Waals surface area contributed by atoms with Crippen LogP contribution in [0.5, 0.6) is 0 Å². The van der Waals surface area contributed by atoms with E-state index in [1.54, 1.807) is 13.8 Å². The minimum atomic E-state index is -1.17. The van der Waals surface area contributed by atoms with Crippen LogP contribution in [0.2, 0.25) is 0 Å². The molecule has 9 heteroatoms. The van der Waals surface area contributed by atoms with Gasteiger partial charge in [-0.15, -0.1) is 0 Å². The third-order valence-corrected chi connectivity index (χ3v) is 2.21. The quantitative estimate of drug-likeness (QED) is 0.426. The van der Waals surface area contributed by atoms with Crippen molar-refractivity contribution in [3.05, 3.63) is 0 Å². The second kappa shape index (κ2) is 9.59. The number of amides is 4. The molecule has 0 aromatic rings.